The maximum absolute atomic E-state index is 4.44. The number of imidazole rings is 1. The zero-order valence-electron chi connectivity index (χ0n) is 9.88. The molecular weight excluding hydrogens is 314 g/mol. The summed E-state index contributed by atoms with van der Waals surface area (Å²) in [6, 6.07) is 2.02. The average molecular weight is 324 g/mol. The lowest BCUT2D eigenvalue weighted by atomic mass is 10.4. The highest BCUT2D eigenvalue weighted by molar-refractivity contribution is 9.10. The Morgan fingerprint density at radius 3 is 2.89 bits per heavy atom. The predicted molar refractivity (Wildman–Crippen MR) is 73.7 cm³/mol. The topological polar surface area (TPSA) is 56.5 Å². The van der Waals surface area contributed by atoms with E-state index in [2.05, 4.69) is 40.7 Å². The average Bonchev–Trinajstić information content (AvgIpc) is 2.86. The van der Waals surface area contributed by atoms with E-state index in [0.29, 0.717) is 6.54 Å². The van der Waals surface area contributed by atoms with E-state index >= 15 is 0 Å². The first kappa shape index (κ1) is 11.7. The lowest BCUT2D eigenvalue weighted by Gasteiger charge is -2.03. The van der Waals surface area contributed by atoms with Crippen LogP contribution in [0.5, 0.6) is 0 Å². The van der Waals surface area contributed by atoms with E-state index in [1.54, 1.807) is 17.5 Å². The maximum Gasteiger partial charge on any atom is 0.177 e. The first-order valence-electron chi connectivity index (χ1n) is 5.41. The molecule has 92 valence electrons. The summed E-state index contributed by atoms with van der Waals surface area (Å²) in [5.74, 6) is 0.934. The molecule has 0 aliphatic heterocycles. The van der Waals surface area contributed by atoms with Crippen LogP contribution in [0.15, 0.2) is 16.7 Å². The Kier molecular flexibility index (Phi) is 2.87. The largest absolute Gasteiger partial charge is 0.320 e. The third-order valence-electron chi connectivity index (χ3n) is 2.62. The van der Waals surface area contributed by atoms with Gasteiger partial charge in [-0.2, -0.15) is 0 Å². The van der Waals surface area contributed by atoms with Gasteiger partial charge in [0.05, 0.1) is 12.1 Å². The monoisotopic (exact) mass is 323 g/mol. The fraction of sp³-hybridized carbons (Fsp3) is 0.273. The molecule has 3 aromatic rings. The van der Waals surface area contributed by atoms with Crippen LogP contribution in [0.2, 0.25) is 0 Å². The van der Waals surface area contributed by atoms with Crippen molar-refractivity contribution in [2.45, 2.75) is 20.4 Å². The van der Waals surface area contributed by atoms with Crippen LogP contribution in [0.25, 0.3) is 11.2 Å². The summed E-state index contributed by atoms with van der Waals surface area (Å²) < 4.78 is 3.05. The molecule has 0 aromatic carbocycles. The molecule has 0 radical (unpaired) electrons. The molecule has 0 fully saturated rings. The third-order valence-corrected chi connectivity index (χ3v) is 3.88. The molecule has 5 nitrogen and oxygen atoms in total. The quantitative estimate of drug-likeness (QED) is 0.727. The van der Waals surface area contributed by atoms with Gasteiger partial charge in [0.15, 0.2) is 5.65 Å². The highest BCUT2D eigenvalue weighted by Gasteiger charge is 2.11. The van der Waals surface area contributed by atoms with Crippen LogP contribution in [0.3, 0.4) is 0 Å². The number of pyridine rings is 1. The standard InChI is InChI=1S/C11H10BrN5S/c1-6-14-11-9(3-8(12)4-13-11)17(6)5-10-16-15-7(2)18-10/h3-4H,5H2,1-2H3. The van der Waals surface area contributed by atoms with Gasteiger partial charge in [-0.1, -0.05) is 11.3 Å². The molecule has 3 heterocycles. The van der Waals surface area contributed by atoms with Gasteiger partial charge in [-0.15, -0.1) is 10.2 Å². The molecule has 0 bridgehead atoms. The number of fused-ring (bicyclic) bond motifs is 1. The van der Waals surface area contributed by atoms with Gasteiger partial charge in [-0.05, 0) is 35.8 Å². The fourth-order valence-electron chi connectivity index (χ4n) is 1.83. The second-order valence-electron chi connectivity index (χ2n) is 3.96. The Bertz CT molecular complexity index is 717. The first-order chi connectivity index (χ1) is 8.63. The molecule has 0 unspecified atom stereocenters. The molecular formula is C11H10BrN5S. The highest BCUT2D eigenvalue weighted by Crippen LogP contribution is 2.20. The van der Waals surface area contributed by atoms with Gasteiger partial charge in [0.2, 0.25) is 0 Å². The molecule has 18 heavy (non-hydrogen) atoms. The summed E-state index contributed by atoms with van der Waals surface area (Å²) in [6.07, 6.45) is 1.76. The van der Waals surface area contributed by atoms with Crippen molar-refractivity contribution in [2.24, 2.45) is 0 Å². The molecule has 0 saturated carbocycles. The minimum absolute atomic E-state index is 0.686. The van der Waals surface area contributed by atoms with Crippen molar-refractivity contribution in [3.8, 4) is 0 Å². The minimum atomic E-state index is 0.686. The Morgan fingerprint density at radius 2 is 2.17 bits per heavy atom. The van der Waals surface area contributed by atoms with E-state index in [1.165, 1.54) is 0 Å². The van der Waals surface area contributed by atoms with Crippen molar-refractivity contribution < 1.29 is 0 Å². The molecule has 0 amide bonds. The number of nitrogens with zero attached hydrogens (tertiary/aromatic N) is 5. The van der Waals surface area contributed by atoms with E-state index in [1.807, 2.05) is 19.9 Å². The van der Waals surface area contributed by atoms with Crippen LogP contribution in [-0.4, -0.2) is 24.7 Å². The smallest absolute Gasteiger partial charge is 0.177 e. The van der Waals surface area contributed by atoms with Gasteiger partial charge in [-0.25, -0.2) is 9.97 Å². The second-order valence-corrected chi connectivity index (χ2v) is 6.14. The molecule has 0 spiro atoms. The predicted octanol–water partition coefficient (Wildman–Crippen LogP) is 2.71. The first-order valence-corrected chi connectivity index (χ1v) is 7.02. The number of hydrogen-bond donors (Lipinski definition) is 0. The molecule has 0 aliphatic carbocycles. The van der Waals surface area contributed by atoms with E-state index < -0.39 is 0 Å². The third kappa shape index (κ3) is 2.04. The van der Waals surface area contributed by atoms with Crippen molar-refractivity contribution in [3.05, 3.63) is 32.6 Å². The zero-order valence-corrected chi connectivity index (χ0v) is 12.3. The molecule has 0 saturated heterocycles. The van der Waals surface area contributed by atoms with E-state index in [-0.39, 0.29) is 0 Å². The number of aryl methyl sites for hydroxylation is 2. The number of rotatable bonds is 2. The number of hydrogen-bond acceptors (Lipinski definition) is 5. The summed E-state index contributed by atoms with van der Waals surface area (Å²) in [5, 5.41) is 10.1. The lowest BCUT2D eigenvalue weighted by molar-refractivity contribution is 0.767. The second kappa shape index (κ2) is 4.40. The summed E-state index contributed by atoms with van der Waals surface area (Å²) >= 11 is 5.04. The Morgan fingerprint density at radius 1 is 1.33 bits per heavy atom. The van der Waals surface area contributed by atoms with E-state index in [9.17, 15) is 0 Å². The van der Waals surface area contributed by atoms with Crippen molar-refractivity contribution >= 4 is 38.4 Å². The molecule has 0 atom stereocenters. The summed E-state index contributed by atoms with van der Waals surface area (Å²) in [4.78, 5) is 8.74. The minimum Gasteiger partial charge on any atom is -0.320 e. The lowest BCUT2D eigenvalue weighted by Crippen LogP contribution is -2.01. The van der Waals surface area contributed by atoms with E-state index in [0.717, 1.165) is 31.5 Å². The van der Waals surface area contributed by atoms with E-state index in [4.69, 9.17) is 0 Å². The van der Waals surface area contributed by atoms with Crippen molar-refractivity contribution in [1.29, 1.82) is 0 Å². The zero-order chi connectivity index (χ0) is 12.7. The fourth-order valence-corrected chi connectivity index (χ4v) is 2.85. The van der Waals surface area contributed by atoms with Gasteiger partial charge in [-0.3, -0.25) is 0 Å². The van der Waals surface area contributed by atoms with Crippen LogP contribution in [0.4, 0.5) is 0 Å². The van der Waals surface area contributed by atoms with Crippen LogP contribution in [0.1, 0.15) is 15.8 Å². The van der Waals surface area contributed by atoms with Gasteiger partial charge < -0.3 is 4.57 Å². The molecule has 0 aliphatic rings. The molecule has 3 rings (SSSR count). The van der Waals surface area contributed by atoms with Crippen molar-refractivity contribution in [3.63, 3.8) is 0 Å². The summed E-state index contributed by atoms with van der Waals surface area (Å²) in [6.45, 7) is 4.62. The summed E-state index contributed by atoms with van der Waals surface area (Å²) in [7, 11) is 0. The number of halogens is 1. The number of aromatic nitrogens is 5. The summed E-state index contributed by atoms with van der Waals surface area (Å²) in [5.41, 5.74) is 1.77. The normalized spacial score (nSPS) is 11.3. The van der Waals surface area contributed by atoms with Gasteiger partial charge in [0.25, 0.3) is 0 Å². The highest BCUT2D eigenvalue weighted by atomic mass is 79.9. The molecule has 3 aromatic heterocycles. The maximum atomic E-state index is 4.44. The van der Waals surface area contributed by atoms with Gasteiger partial charge >= 0.3 is 0 Å². The van der Waals surface area contributed by atoms with Gasteiger partial charge in [0, 0.05) is 10.7 Å². The SMILES string of the molecule is Cc1nnc(Cn2c(C)nc3ncc(Br)cc32)s1. The Balaban J connectivity index is 2.10. The van der Waals surface area contributed by atoms with Gasteiger partial charge in [0.1, 0.15) is 15.8 Å². The van der Waals surface area contributed by atoms with Crippen LogP contribution in [-0.2, 0) is 6.54 Å². The Labute approximate surface area is 116 Å². The van der Waals surface area contributed by atoms with Crippen LogP contribution in [0, 0.1) is 13.8 Å². The molecule has 7 heteroatoms. The van der Waals surface area contributed by atoms with Crippen molar-refractivity contribution in [2.75, 3.05) is 0 Å². The van der Waals surface area contributed by atoms with Crippen molar-refractivity contribution in [1.82, 2.24) is 24.7 Å². The molecule has 0 N–H and O–H groups in total. The van der Waals surface area contributed by atoms with Crippen LogP contribution >= 0.6 is 27.3 Å². The van der Waals surface area contributed by atoms with Crippen LogP contribution < -0.4 is 0 Å². The Hall–Kier alpha value is -1.34.